The Hall–Kier alpha value is -1.87. The van der Waals surface area contributed by atoms with Crippen LogP contribution in [0.25, 0.3) is 0 Å². The van der Waals surface area contributed by atoms with Crippen LogP contribution in [0.1, 0.15) is 34.7 Å². The Morgan fingerprint density at radius 1 is 1.11 bits per heavy atom. The predicted molar refractivity (Wildman–Crippen MR) is 129 cm³/mol. The summed E-state index contributed by atoms with van der Waals surface area (Å²) in [6.07, 6.45) is 6.72. The highest BCUT2D eigenvalue weighted by molar-refractivity contribution is 14.0. The SMILES string of the molecule is CCNC(=NCc1cccc(Cn2ccnc2)c1)NCc1ccc(CC)s1.I. The number of nitrogens with zero attached hydrogens (tertiary/aromatic N) is 3. The van der Waals surface area contributed by atoms with Crippen molar-refractivity contribution in [3.8, 4) is 0 Å². The average Bonchev–Trinajstić information content (AvgIpc) is 3.36. The second-order valence-electron chi connectivity index (χ2n) is 6.33. The van der Waals surface area contributed by atoms with Gasteiger partial charge >= 0.3 is 0 Å². The summed E-state index contributed by atoms with van der Waals surface area (Å²) in [4.78, 5) is 11.6. The average molecular weight is 509 g/mol. The lowest BCUT2D eigenvalue weighted by molar-refractivity contribution is 0.794. The highest BCUT2D eigenvalue weighted by atomic mass is 127. The van der Waals surface area contributed by atoms with Gasteiger partial charge in [0.05, 0.1) is 19.4 Å². The molecule has 150 valence electrons. The van der Waals surface area contributed by atoms with Gasteiger partial charge in [0.25, 0.3) is 0 Å². The Morgan fingerprint density at radius 3 is 2.64 bits per heavy atom. The fourth-order valence-corrected chi connectivity index (χ4v) is 3.71. The molecule has 0 aliphatic rings. The van der Waals surface area contributed by atoms with Gasteiger partial charge in [0.15, 0.2) is 5.96 Å². The summed E-state index contributed by atoms with van der Waals surface area (Å²) in [5.74, 6) is 0.851. The molecule has 0 atom stereocenters. The van der Waals surface area contributed by atoms with Crippen LogP contribution in [0.15, 0.2) is 60.1 Å². The monoisotopic (exact) mass is 509 g/mol. The van der Waals surface area contributed by atoms with E-state index in [2.05, 4.69) is 70.4 Å². The molecule has 0 radical (unpaired) electrons. The predicted octanol–water partition coefficient (Wildman–Crippen LogP) is 4.43. The first kappa shape index (κ1) is 22.4. The summed E-state index contributed by atoms with van der Waals surface area (Å²) in [7, 11) is 0. The Kier molecular flexibility index (Phi) is 9.49. The van der Waals surface area contributed by atoms with Gasteiger partial charge in [0.2, 0.25) is 0 Å². The molecule has 0 aliphatic heterocycles. The quantitative estimate of drug-likeness (QED) is 0.269. The molecule has 7 heteroatoms. The number of halogens is 1. The van der Waals surface area contributed by atoms with E-state index in [1.54, 1.807) is 6.20 Å². The van der Waals surface area contributed by atoms with Crippen molar-refractivity contribution in [1.82, 2.24) is 20.2 Å². The number of nitrogens with one attached hydrogen (secondary N) is 2. The van der Waals surface area contributed by atoms with E-state index in [4.69, 9.17) is 4.99 Å². The van der Waals surface area contributed by atoms with Crippen LogP contribution in [0.4, 0.5) is 0 Å². The summed E-state index contributed by atoms with van der Waals surface area (Å²) in [6, 6.07) is 13.0. The highest BCUT2D eigenvalue weighted by Gasteiger charge is 2.02. The number of thiophene rings is 1. The van der Waals surface area contributed by atoms with Gasteiger partial charge in [-0.05, 0) is 36.6 Å². The summed E-state index contributed by atoms with van der Waals surface area (Å²) < 4.78 is 2.07. The fourth-order valence-electron chi connectivity index (χ4n) is 2.81. The molecule has 0 bridgehead atoms. The van der Waals surface area contributed by atoms with Crippen molar-refractivity contribution in [1.29, 1.82) is 0 Å². The summed E-state index contributed by atoms with van der Waals surface area (Å²) in [5, 5.41) is 6.76. The number of rotatable bonds is 8. The van der Waals surface area contributed by atoms with Crippen LogP contribution in [0.2, 0.25) is 0 Å². The number of aromatic nitrogens is 2. The molecule has 1 aromatic carbocycles. The van der Waals surface area contributed by atoms with Crippen LogP contribution in [0.3, 0.4) is 0 Å². The molecule has 2 aromatic heterocycles. The Labute approximate surface area is 188 Å². The smallest absolute Gasteiger partial charge is 0.191 e. The molecule has 2 N–H and O–H groups in total. The van der Waals surface area contributed by atoms with Crippen LogP contribution >= 0.6 is 35.3 Å². The molecular weight excluding hydrogens is 481 g/mol. The molecule has 0 spiro atoms. The number of aliphatic imine (C=N–C) groups is 1. The topological polar surface area (TPSA) is 54.2 Å². The van der Waals surface area contributed by atoms with Gasteiger partial charge in [-0.2, -0.15) is 0 Å². The van der Waals surface area contributed by atoms with Crippen molar-refractivity contribution in [3.05, 3.63) is 76.0 Å². The lowest BCUT2D eigenvalue weighted by Crippen LogP contribution is -2.36. The summed E-state index contributed by atoms with van der Waals surface area (Å²) >= 11 is 1.86. The minimum absolute atomic E-state index is 0. The largest absolute Gasteiger partial charge is 0.357 e. The van der Waals surface area contributed by atoms with Gasteiger partial charge in [-0.1, -0.05) is 31.2 Å². The number of hydrogen-bond donors (Lipinski definition) is 2. The third-order valence-electron chi connectivity index (χ3n) is 4.18. The summed E-state index contributed by atoms with van der Waals surface area (Å²) in [5.41, 5.74) is 2.46. The van der Waals surface area contributed by atoms with Crippen LogP contribution < -0.4 is 10.6 Å². The fraction of sp³-hybridized carbons (Fsp3) is 0.333. The first-order chi connectivity index (χ1) is 13.3. The van der Waals surface area contributed by atoms with Gasteiger partial charge in [0, 0.05) is 35.2 Å². The van der Waals surface area contributed by atoms with E-state index in [0.29, 0.717) is 6.54 Å². The van der Waals surface area contributed by atoms with E-state index in [9.17, 15) is 0 Å². The Bertz CT molecular complexity index is 857. The molecule has 0 fully saturated rings. The molecular formula is C21H28IN5S. The van der Waals surface area contributed by atoms with Gasteiger partial charge in [0.1, 0.15) is 0 Å². The molecule has 3 rings (SSSR count). The van der Waals surface area contributed by atoms with Crippen molar-refractivity contribution in [2.75, 3.05) is 6.54 Å². The maximum Gasteiger partial charge on any atom is 0.191 e. The molecule has 3 aromatic rings. The Balaban J connectivity index is 0.00000280. The Morgan fingerprint density at radius 2 is 1.93 bits per heavy atom. The molecule has 0 unspecified atom stereocenters. The number of imidazole rings is 1. The first-order valence-electron chi connectivity index (χ1n) is 9.40. The van der Waals surface area contributed by atoms with Crippen molar-refractivity contribution >= 4 is 41.3 Å². The van der Waals surface area contributed by atoms with E-state index < -0.39 is 0 Å². The second kappa shape index (κ2) is 11.9. The van der Waals surface area contributed by atoms with Crippen LogP contribution in [0.5, 0.6) is 0 Å². The minimum Gasteiger partial charge on any atom is -0.357 e. The van der Waals surface area contributed by atoms with E-state index >= 15 is 0 Å². The lowest BCUT2D eigenvalue weighted by Gasteiger charge is -2.11. The number of guanidine groups is 1. The zero-order valence-corrected chi connectivity index (χ0v) is 19.5. The van der Waals surface area contributed by atoms with E-state index in [1.165, 1.54) is 20.9 Å². The number of hydrogen-bond acceptors (Lipinski definition) is 3. The van der Waals surface area contributed by atoms with Gasteiger partial charge in [-0.15, -0.1) is 35.3 Å². The number of benzene rings is 1. The van der Waals surface area contributed by atoms with E-state index in [0.717, 1.165) is 32.0 Å². The molecule has 0 amide bonds. The second-order valence-corrected chi connectivity index (χ2v) is 7.58. The lowest BCUT2D eigenvalue weighted by atomic mass is 10.1. The molecule has 2 heterocycles. The highest BCUT2D eigenvalue weighted by Crippen LogP contribution is 2.16. The van der Waals surface area contributed by atoms with Gasteiger partial charge in [-0.25, -0.2) is 9.98 Å². The maximum atomic E-state index is 4.74. The maximum absolute atomic E-state index is 4.74. The minimum atomic E-state index is 0. The third-order valence-corrected chi connectivity index (χ3v) is 5.41. The van der Waals surface area contributed by atoms with Crippen LogP contribution in [0, 0.1) is 0 Å². The first-order valence-corrected chi connectivity index (χ1v) is 10.2. The van der Waals surface area contributed by atoms with Crippen molar-refractivity contribution in [2.24, 2.45) is 4.99 Å². The molecule has 5 nitrogen and oxygen atoms in total. The van der Waals surface area contributed by atoms with Gasteiger partial charge in [-0.3, -0.25) is 0 Å². The molecule has 0 saturated carbocycles. The molecule has 0 aliphatic carbocycles. The normalized spacial score (nSPS) is 11.1. The van der Waals surface area contributed by atoms with Gasteiger partial charge < -0.3 is 15.2 Å². The standard InChI is InChI=1S/C21H27N5S.HI/c1-3-19-8-9-20(27-19)14-25-21(23-4-2)24-13-17-6-5-7-18(12-17)15-26-11-10-22-16-26;/h5-12,16H,3-4,13-15H2,1-2H3,(H2,23,24,25);1H. The van der Waals surface area contributed by atoms with Crippen LogP contribution in [-0.4, -0.2) is 22.1 Å². The van der Waals surface area contributed by atoms with E-state index in [1.807, 2.05) is 23.9 Å². The van der Waals surface area contributed by atoms with E-state index in [-0.39, 0.29) is 24.0 Å². The van der Waals surface area contributed by atoms with Crippen molar-refractivity contribution < 1.29 is 0 Å². The zero-order chi connectivity index (χ0) is 18.9. The third kappa shape index (κ3) is 6.94. The van der Waals surface area contributed by atoms with Crippen LogP contribution in [-0.2, 0) is 26.1 Å². The van der Waals surface area contributed by atoms with Crippen molar-refractivity contribution in [3.63, 3.8) is 0 Å². The zero-order valence-electron chi connectivity index (χ0n) is 16.4. The molecule has 28 heavy (non-hydrogen) atoms. The molecule has 0 saturated heterocycles. The van der Waals surface area contributed by atoms with Crippen molar-refractivity contribution in [2.45, 2.75) is 39.9 Å². The summed E-state index contributed by atoms with van der Waals surface area (Å²) in [6.45, 7) is 7.40. The number of aryl methyl sites for hydroxylation is 1.